The Morgan fingerprint density at radius 1 is 1.16 bits per heavy atom. The van der Waals surface area contributed by atoms with Crippen LogP contribution in [-0.2, 0) is 18.1 Å². The Hall–Kier alpha value is -1.03. The lowest BCUT2D eigenvalue weighted by Crippen LogP contribution is -2.21. The van der Waals surface area contributed by atoms with E-state index in [1.165, 1.54) is 0 Å². The minimum Gasteiger partial charge on any atom is -0.392 e. The van der Waals surface area contributed by atoms with Crippen LogP contribution in [0.1, 0.15) is 16.7 Å². The van der Waals surface area contributed by atoms with Crippen molar-refractivity contribution in [2.24, 2.45) is 0 Å². The molecular formula is C9H6BrF6NO2. The zero-order valence-corrected chi connectivity index (χ0v) is 10.5. The van der Waals surface area contributed by atoms with Gasteiger partial charge in [0.25, 0.3) is 0 Å². The number of halogens is 7. The first-order valence-electron chi connectivity index (χ1n) is 4.60. The third kappa shape index (κ3) is 3.96. The number of hydrogen-bond acceptors (Lipinski definition) is 3. The zero-order valence-electron chi connectivity index (χ0n) is 8.94. The highest BCUT2D eigenvalue weighted by Gasteiger charge is 2.38. The number of hydrogen-bond donors (Lipinski definition) is 1. The van der Waals surface area contributed by atoms with Gasteiger partial charge in [0, 0.05) is 22.7 Å². The van der Waals surface area contributed by atoms with Gasteiger partial charge in [0.1, 0.15) is 0 Å². The Morgan fingerprint density at radius 3 is 2.11 bits per heavy atom. The Kier molecular flexibility index (Phi) is 4.67. The second-order valence-electron chi connectivity index (χ2n) is 3.27. The first-order valence-corrected chi connectivity index (χ1v) is 5.72. The molecule has 0 amide bonds. The van der Waals surface area contributed by atoms with E-state index >= 15 is 0 Å². The average Bonchev–Trinajstić information content (AvgIpc) is 2.24. The van der Waals surface area contributed by atoms with E-state index in [0.717, 1.165) is 0 Å². The van der Waals surface area contributed by atoms with E-state index in [0.29, 0.717) is 0 Å². The zero-order chi connectivity index (χ0) is 14.8. The van der Waals surface area contributed by atoms with Crippen molar-refractivity contribution in [3.63, 3.8) is 0 Å². The summed E-state index contributed by atoms with van der Waals surface area (Å²) >= 11 is 2.74. The Bertz CT molecular complexity index is 459. The molecule has 1 heterocycles. The summed E-state index contributed by atoms with van der Waals surface area (Å²) in [5.41, 5.74) is -2.52. The largest absolute Gasteiger partial charge is 0.574 e. The van der Waals surface area contributed by atoms with Crippen LogP contribution in [0.2, 0.25) is 0 Å². The molecule has 0 atom stereocenters. The molecular weight excluding hydrogens is 348 g/mol. The SMILES string of the molecule is OCc1c(C(F)(F)F)cnc(OC(F)(F)F)c1CBr. The van der Waals surface area contributed by atoms with Crippen molar-refractivity contribution in [2.75, 3.05) is 0 Å². The average molecular weight is 354 g/mol. The highest BCUT2D eigenvalue weighted by Crippen LogP contribution is 2.37. The Morgan fingerprint density at radius 2 is 1.74 bits per heavy atom. The molecule has 108 valence electrons. The van der Waals surface area contributed by atoms with Crippen LogP contribution in [0.15, 0.2) is 6.20 Å². The quantitative estimate of drug-likeness (QED) is 0.669. The van der Waals surface area contributed by atoms with Crippen LogP contribution in [0, 0.1) is 0 Å². The smallest absolute Gasteiger partial charge is 0.392 e. The molecule has 1 aromatic rings. The summed E-state index contributed by atoms with van der Waals surface area (Å²) in [6.07, 6.45) is -9.73. The number of nitrogens with zero attached hydrogens (tertiary/aromatic N) is 1. The summed E-state index contributed by atoms with van der Waals surface area (Å²) < 4.78 is 77.5. The van der Waals surface area contributed by atoms with Gasteiger partial charge in [-0.05, 0) is 0 Å². The van der Waals surface area contributed by atoms with Gasteiger partial charge in [-0.1, -0.05) is 15.9 Å². The van der Waals surface area contributed by atoms with Crippen molar-refractivity contribution in [1.29, 1.82) is 0 Å². The van der Waals surface area contributed by atoms with E-state index in [1.807, 2.05) is 0 Å². The normalized spacial score (nSPS) is 12.6. The van der Waals surface area contributed by atoms with Crippen molar-refractivity contribution >= 4 is 15.9 Å². The van der Waals surface area contributed by atoms with Gasteiger partial charge in [-0.25, -0.2) is 4.98 Å². The number of ether oxygens (including phenoxy) is 1. The van der Waals surface area contributed by atoms with E-state index in [-0.39, 0.29) is 11.5 Å². The van der Waals surface area contributed by atoms with Gasteiger partial charge < -0.3 is 9.84 Å². The lowest BCUT2D eigenvalue weighted by atomic mass is 10.1. The van der Waals surface area contributed by atoms with Gasteiger partial charge in [-0.15, -0.1) is 13.2 Å². The van der Waals surface area contributed by atoms with Crippen molar-refractivity contribution < 1.29 is 36.2 Å². The number of rotatable bonds is 3. The molecule has 0 bridgehead atoms. The number of aliphatic hydroxyl groups excluding tert-OH is 1. The second-order valence-corrected chi connectivity index (χ2v) is 3.83. The summed E-state index contributed by atoms with van der Waals surface area (Å²) in [5.74, 6) is -1.03. The fourth-order valence-electron chi connectivity index (χ4n) is 1.33. The molecule has 3 nitrogen and oxygen atoms in total. The summed E-state index contributed by atoms with van der Waals surface area (Å²) in [6.45, 7) is -1.09. The highest BCUT2D eigenvalue weighted by molar-refractivity contribution is 9.08. The van der Waals surface area contributed by atoms with Crippen LogP contribution in [-0.4, -0.2) is 16.5 Å². The van der Waals surface area contributed by atoms with Crippen LogP contribution in [0.4, 0.5) is 26.3 Å². The van der Waals surface area contributed by atoms with Crippen LogP contribution >= 0.6 is 15.9 Å². The lowest BCUT2D eigenvalue weighted by Gasteiger charge is -2.17. The van der Waals surface area contributed by atoms with Crippen LogP contribution in [0.5, 0.6) is 5.88 Å². The van der Waals surface area contributed by atoms with Gasteiger partial charge in [-0.2, -0.15) is 13.2 Å². The van der Waals surface area contributed by atoms with E-state index in [1.54, 1.807) is 0 Å². The molecule has 0 saturated carbocycles. The van der Waals surface area contributed by atoms with Crippen LogP contribution < -0.4 is 4.74 Å². The molecule has 19 heavy (non-hydrogen) atoms. The Balaban J connectivity index is 3.39. The molecule has 1 aromatic heterocycles. The molecule has 0 aliphatic rings. The molecule has 0 aliphatic carbocycles. The predicted molar refractivity (Wildman–Crippen MR) is 54.5 cm³/mol. The van der Waals surface area contributed by atoms with Crippen LogP contribution in [0.25, 0.3) is 0 Å². The van der Waals surface area contributed by atoms with E-state index in [9.17, 15) is 26.3 Å². The standard InChI is InChI=1S/C9H6BrF6NO2/c10-1-4-5(3-18)6(8(11,12)13)2-17-7(4)19-9(14,15)16/h2,18H,1,3H2. The molecule has 10 heteroatoms. The predicted octanol–water partition coefficient (Wildman–Crippen LogP) is 3.39. The van der Waals surface area contributed by atoms with Crippen LogP contribution in [0.3, 0.4) is 0 Å². The molecule has 1 rings (SSSR count). The fraction of sp³-hybridized carbons (Fsp3) is 0.444. The fourth-order valence-corrected chi connectivity index (χ4v) is 1.91. The number of pyridine rings is 1. The maximum Gasteiger partial charge on any atom is 0.574 e. The van der Waals surface area contributed by atoms with Crippen molar-refractivity contribution in [3.05, 3.63) is 22.9 Å². The molecule has 0 radical (unpaired) electrons. The molecule has 0 unspecified atom stereocenters. The number of aromatic nitrogens is 1. The maximum absolute atomic E-state index is 12.6. The van der Waals surface area contributed by atoms with Gasteiger partial charge >= 0.3 is 12.5 Å². The molecule has 1 N–H and O–H groups in total. The Labute approximate surface area is 111 Å². The first-order chi connectivity index (χ1) is 8.60. The van der Waals surface area contributed by atoms with Crippen molar-refractivity contribution in [3.8, 4) is 5.88 Å². The second kappa shape index (κ2) is 5.53. The van der Waals surface area contributed by atoms with Gasteiger partial charge in [-0.3, -0.25) is 0 Å². The van der Waals surface area contributed by atoms with Gasteiger partial charge in [0.05, 0.1) is 12.2 Å². The minimum absolute atomic E-state index is 0.193. The van der Waals surface area contributed by atoms with E-state index in [4.69, 9.17) is 5.11 Å². The third-order valence-corrected chi connectivity index (χ3v) is 2.63. The van der Waals surface area contributed by atoms with Crippen molar-refractivity contribution in [1.82, 2.24) is 4.98 Å². The summed E-state index contributed by atoms with van der Waals surface area (Å²) in [5, 5.41) is 8.55. The molecule has 0 saturated heterocycles. The topological polar surface area (TPSA) is 42.4 Å². The number of alkyl halides is 7. The van der Waals surface area contributed by atoms with Crippen molar-refractivity contribution in [2.45, 2.75) is 24.5 Å². The number of aliphatic hydroxyl groups is 1. The minimum atomic E-state index is -5.09. The summed E-state index contributed by atoms with van der Waals surface area (Å²) in [7, 11) is 0. The molecule has 0 aromatic carbocycles. The summed E-state index contributed by atoms with van der Waals surface area (Å²) in [4.78, 5) is 3.01. The summed E-state index contributed by atoms with van der Waals surface area (Å²) in [6, 6.07) is 0. The third-order valence-electron chi connectivity index (χ3n) is 2.07. The first kappa shape index (κ1) is 16.0. The van der Waals surface area contributed by atoms with E-state index < -0.39 is 41.7 Å². The molecule has 0 fully saturated rings. The van der Waals surface area contributed by atoms with Gasteiger partial charge in [0.15, 0.2) is 0 Å². The van der Waals surface area contributed by atoms with E-state index in [2.05, 4.69) is 25.7 Å². The molecule has 0 aliphatic heterocycles. The molecule has 0 spiro atoms. The monoisotopic (exact) mass is 353 g/mol. The highest BCUT2D eigenvalue weighted by atomic mass is 79.9. The maximum atomic E-state index is 12.6. The lowest BCUT2D eigenvalue weighted by molar-refractivity contribution is -0.276. The van der Waals surface area contributed by atoms with Gasteiger partial charge in [0.2, 0.25) is 5.88 Å².